The zero-order chi connectivity index (χ0) is 21.8. The minimum absolute atomic E-state index is 0.0353. The first-order valence-electron chi connectivity index (χ1n) is 10.3. The van der Waals surface area contributed by atoms with Gasteiger partial charge >= 0.3 is 0 Å². The van der Waals surface area contributed by atoms with Crippen LogP contribution in [0.1, 0.15) is 47.0 Å². The Morgan fingerprint density at radius 1 is 1.41 bits per heavy atom. The van der Waals surface area contributed by atoms with E-state index in [1.807, 2.05) is 45.9 Å². The van der Waals surface area contributed by atoms with E-state index in [1.165, 1.54) is 0 Å². The van der Waals surface area contributed by atoms with Crippen LogP contribution in [-0.4, -0.2) is 60.3 Å². The molecule has 0 aromatic heterocycles. The van der Waals surface area contributed by atoms with Gasteiger partial charge in [0.1, 0.15) is 6.04 Å². The number of allylic oxidation sites excluding steroid dienone is 3. The normalized spacial score (nSPS) is 27.5. The van der Waals surface area contributed by atoms with Crippen LogP contribution in [-0.2, 0) is 14.3 Å². The lowest BCUT2D eigenvalue weighted by molar-refractivity contribution is -0.163. The van der Waals surface area contributed by atoms with E-state index < -0.39 is 17.1 Å². The maximum absolute atomic E-state index is 13.2. The summed E-state index contributed by atoms with van der Waals surface area (Å²) in [5.41, 5.74) is -1.43. The molecule has 164 valence electrons. The molecule has 2 N–H and O–H groups in total. The van der Waals surface area contributed by atoms with Crippen LogP contribution in [0.4, 0.5) is 0 Å². The third-order valence-corrected chi connectivity index (χ3v) is 6.56. The van der Waals surface area contributed by atoms with E-state index in [0.717, 1.165) is 0 Å². The predicted molar refractivity (Wildman–Crippen MR) is 114 cm³/mol. The van der Waals surface area contributed by atoms with Crippen molar-refractivity contribution >= 4 is 23.4 Å². The zero-order valence-electron chi connectivity index (χ0n) is 18.2. The van der Waals surface area contributed by atoms with Gasteiger partial charge in [-0.3, -0.25) is 9.59 Å². The monoisotopic (exact) mass is 426 g/mol. The van der Waals surface area contributed by atoms with Crippen LogP contribution < -0.4 is 5.32 Å². The minimum Gasteiger partial charge on any atom is -0.389 e. The number of hydrogen-bond acceptors (Lipinski definition) is 4. The van der Waals surface area contributed by atoms with E-state index in [-0.39, 0.29) is 30.1 Å². The van der Waals surface area contributed by atoms with Crippen molar-refractivity contribution in [2.75, 3.05) is 26.8 Å². The quantitative estimate of drug-likeness (QED) is 0.656. The molecule has 1 unspecified atom stereocenters. The molecule has 1 aliphatic carbocycles. The second kappa shape index (κ2) is 9.63. The number of carbonyl (C=O) groups is 2. The molecular formula is C22H35ClN2O4. The number of methoxy groups -OCH3 is 1. The highest BCUT2D eigenvalue weighted by Crippen LogP contribution is 2.46. The second-order valence-corrected chi connectivity index (χ2v) is 9.58. The van der Waals surface area contributed by atoms with E-state index in [2.05, 4.69) is 5.32 Å². The van der Waals surface area contributed by atoms with Crippen LogP contribution in [0.5, 0.6) is 0 Å². The van der Waals surface area contributed by atoms with Crippen molar-refractivity contribution in [1.82, 2.24) is 10.2 Å². The molecule has 0 aromatic rings. The number of carbonyl (C=O) groups excluding carboxylic acids is 2. The molecule has 0 bridgehead atoms. The van der Waals surface area contributed by atoms with Crippen molar-refractivity contribution in [2.45, 2.75) is 58.6 Å². The van der Waals surface area contributed by atoms with Gasteiger partial charge in [0.2, 0.25) is 11.8 Å². The number of aliphatic hydroxyl groups is 1. The highest BCUT2D eigenvalue weighted by atomic mass is 35.5. The number of rotatable bonds is 7. The maximum Gasteiger partial charge on any atom is 0.245 e. The zero-order valence-corrected chi connectivity index (χ0v) is 19.0. The molecule has 7 heteroatoms. The Morgan fingerprint density at radius 3 is 2.62 bits per heavy atom. The SMILES string of the molecule is COCCC(=O)N[C@@H](C(=O)N1CC[C@](O)(C2C=CC(Cl)=CC2)C(C)(C)C1)C(C)C. The molecule has 0 saturated carbocycles. The summed E-state index contributed by atoms with van der Waals surface area (Å²) in [5, 5.41) is 15.1. The second-order valence-electron chi connectivity index (χ2n) is 9.14. The predicted octanol–water partition coefficient (Wildman–Crippen LogP) is 2.85. The lowest BCUT2D eigenvalue weighted by Gasteiger charge is -2.54. The first-order chi connectivity index (χ1) is 13.5. The Labute approximate surface area is 179 Å². The molecule has 2 amide bonds. The molecule has 29 heavy (non-hydrogen) atoms. The Bertz CT molecular complexity index is 674. The molecule has 1 fully saturated rings. The van der Waals surface area contributed by atoms with E-state index in [0.29, 0.717) is 37.6 Å². The molecule has 1 saturated heterocycles. The fourth-order valence-electron chi connectivity index (χ4n) is 4.31. The summed E-state index contributed by atoms with van der Waals surface area (Å²) in [6, 6.07) is -0.585. The van der Waals surface area contributed by atoms with Gasteiger partial charge in [0, 0.05) is 43.0 Å². The van der Waals surface area contributed by atoms with Crippen LogP contribution in [0.25, 0.3) is 0 Å². The fourth-order valence-corrected chi connectivity index (χ4v) is 4.47. The Hall–Kier alpha value is -1.37. The highest BCUT2D eigenvalue weighted by molar-refractivity contribution is 6.31. The molecule has 0 aromatic carbocycles. The van der Waals surface area contributed by atoms with Gasteiger partial charge in [-0.15, -0.1) is 0 Å². The maximum atomic E-state index is 13.2. The number of nitrogens with one attached hydrogen (secondary N) is 1. The van der Waals surface area contributed by atoms with Crippen molar-refractivity contribution in [3.05, 3.63) is 23.3 Å². The smallest absolute Gasteiger partial charge is 0.245 e. The van der Waals surface area contributed by atoms with Gasteiger partial charge in [-0.05, 0) is 24.8 Å². The number of nitrogens with zero attached hydrogens (tertiary/aromatic N) is 1. The van der Waals surface area contributed by atoms with Crippen molar-refractivity contribution in [3.8, 4) is 0 Å². The summed E-state index contributed by atoms with van der Waals surface area (Å²) < 4.78 is 4.94. The van der Waals surface area contributed by atoms with Crippen molar-refractivity contribution in [2.24, 2.45) is 17.3 Å². The molecule has 2 rings (SSSR count). The van der Waals surface area contributed by atoms with Crippen molar-refractivity contribution < 1.29 is 19.4 Å². The van der Waals surface area contributed by atoms with Crippen LogP contribution in [0, 0.1) is 17.3 Å². The molecule has 0 spiro atoms. The number of ether oxygens (including phenoxy) is 1. The van der Waals surface area contributed by atoms with Crippen molar-refractivity contribution in [1.29, 1.82) is 0 Å². The Morgan fingerprint density at radius 2 is 2.10 bits per heavy atom. The molecule has 6 nitrogen and oxygen atoms in total. The number of amides is 2. The van der Waals surface area contributed by atoms with Crippen molar-refractivity contribution in [3.63, 3.8) is 0 Å². The number of piperidine rings is 1. The third-order valence-electron chi connectivity index (χ3n) is 6.28. The van der Waals surface area contributed by atoms with Gasteiger partial charge in [-0.25, -0.2) is 0 Å². The summed E-state index contributed by atoms with van der Waals surface area (Å²) in [6.45, 7) is 9.06. The van der Waals surface area contributed by atoms with Crippen LogP contribution in [0.3, 0.4) is 0 Å². The summed E-state index contributed by atoms with van der Waals surface area (Å²) in [5.74, 6) is -0.357. The van der Waals surface area contributed by atoms with Crippen LogP contribution >= 0.6 is 11.6 Å². The fraction of sp³-hybridized carbons (Fsp3) is 0.727. The van der Waals surface area contributed by atoms with E-state index >= 15 is 0 Å². The van der Waals surface area contributed by atoms with Gasteiger partial charge in [-0.1, -0.05) is 51.4 Å². The van der Waals surface area contributed by atoms with Gasteiger partial charge in [0.15, 0.2) is 0 Å². The van der Waals surface area contributed by atoms with E-state index in [9.17, 15) is 14.7 Å². The van der Waals surface area contributed by atoms with E-state index in [4.69, 9.17) is 16.3 Å². The lowest BCUT2D eigenvalue weighted by atomic mass is 9.62. The lowest BCUT2D eigenvalue weighted by Crippen LogP contribution is -2.63. The summed E-state index contributed by atoms with van der Waals surface area (Å²) >= 11 is 6.04. The number of hydrogen-bond donors (Lipinski definition) is 2. The molecule has 1 heterocycles. The third kappa shape index (κ3) is 5.41. The number of likely N-dealkylation sites (tertiary alicyclic amines) is 1. The highest BCUT2D eigenvalue weighted by Gasteiger charge is 2.52. The largest absolute Gasteiger partial charge is 0.389 e. The topological polar surface area (TPSA) is 78.9 Å². The first-order valence-corrected chi connectivity index (χ1v) is 10.7. The van der Waals surface area contributed by atoms with Gasteiger partial charge in [-0.2, -0.15) is 0 Å². The molecule has 3 atom stereocenters. The molecule has 0 radical (unpaired) electrons. The Balaban J connectivity index is 2.10. The first kappa shape index (κ1) is 23.9. The molecular weight excluding hydrogens is 392 g/mol. The Kier molecular flexibility index (Phi) is 7.93. The molecule has 1 aliphatic heterocycles. The average Bonchev–Trinajstić information content (AvgIpc) is 2.66. The van der Waals surface area contributed by atoms with Gasteiger partial charge < -0.3 is 20.1 Å². The minimum atomic E-state index is -0.927. The van der Waals surface area contributed by atoms with Crippen LogP contribution in [0.15, 0.2) is 23.3 Å². The standard InChI is InChI=1S/C22H35ClN2O4/c1-15(2)19(24-18(26)10-13-29-5)20(27)25-12-11-22(28,21(3,4)14-25)16-6-8-17(23)9-7-16/h6,8-9,15-16,19,28H,7,10-14H2,1-5H3,(H,24,26)/t16?,19-,22+/m1/s1. The average molecular weight is 427 g/mol. The van der Waals surface area contributed by atoms with Gasteiger partial charge in [0.05, 0.1) is 12.2 Å². The number of halogens is 1. The summed E-state index contributed by atoms with van der Waals surface area (Å²) in [6.07, 6.45) is 7.15. The summed E-state index contributed by atoms with van der Waals surface area (Å²) in [4.78, 5) is 27.1. The summed E-state index contributed by atoms with van der Waals surface area (Å²) in [7, 11) is 1.54. The van der Waals surface area contributed by atoms with Crippen LogP contribution in [0.2, 0.25) is 0 Å². The van der Waals surface area contributed by atoms with Gasteiger partial charge in [0.25, 0.3) is 0 Å². The molecule has 2 aliphatic rings. The van der Waals surface area contributed by atoms with E-state index in [1.54, 1.807) is 12.0 Å².